The van der Waals surface area contributed by atoms with E-state index in [1.54, 1.807) is 0 Å². The molecular formula is C28H26N4. The highest BCUT2D eigenvalue weighted by Gasteiger charge is 2.16. The first-order chi connectivity index (χ1) is 15.5. The molecule has 5 rings (SSSR count). The number of hydrogen-bond donors (Lipinski definition) is 2. The Morgan fingerprint density at radius 3 is 2.28 bits per heavy atom. The summed E-state index contributed by atoms with van der Waals surface area (Å²) in [6, 6.07) is 29.4. The lowest BCUT2D eigenvalue weighted by molar-refractivity contribution is 0.590. The maximum atomic E-state index is 4.63. The van der Waals surface area contributed by atoms with E-state index in [4.69, 9.17) is 0 Å². The van der Waals surface area contributed by atoms with Crippen LogP contribution in [0.25, 0.3) is 33.3 Å². The molecule has 0 fully saturated rings. The molecule has 2 N–H and O–H groups in total. The van der Waals surface area contributed by atoms with Gasteiger partial charge >= 0.3 is 0 Å². The van der Waals surface area contributed by atoms with Gasteiger partial charge in [0.2, 0.25) is 0 Å². The van der Waals surface area contributed by atoms with Crippen LogP contribution in [0.4, 0.5) is 11.5 Å². The van der Waals surface area contributed by atoms with Crippen molar-refractivity contribution in [1.29, 1.82) is 0 Å². The Kier molecular flexibility index (Phi) is 4.98. The molecule has 4 nitrogen and oxygen atoms in total. The van der Waals surface area contributed by atoms with Gasteiger partial charge in [0, 0.05) is 33.9 Å². The van der Waals surface area contributed by atoms with Crippen LogP contribution in [-0.4, -0.2) is 15.2 Å². The van der Waals surface area contributed by atoms with E-state index in [1.165, 1.54) is 5.56 Å². The van der Waals surface area contributed by atoms with E-state index in [1.807, 2.05) is 30.5 Å². The maximum Gasteiger partial charge on any atom is 0.153 e. The van der Waals surface area contributed by atoms with E-state index in [0.29, 0.717) is 0 Å². The Bertz CT molecular complexity index is 1360. The highest BCUT2D eigenvalue weighted by molar-refractivity contribution is 5.85. The first-order valence-corrected chi connectivity index (χ1v) is 10.9. The third-order valence-corrected chi connectivity index (χ3v) is 5.73. The molecule has 0 spiro atoms. The number of benzene rings is 3. The number of H-pyrrole nitrogens is 1. The molecule has 0 radical (unpaired) electrons. The molecule has 5 aromatic rings. The number of fused-ring (bicyclic) bond motifs is 1. The molecular weight excluding hydrogens is 392 g/mol. The molecule has 158 valence electrons. The summed E-state index contributed by atoms with van der Waals surface area (Å²) in [7, 11) is 0. The zero-order chi connectivity index (χ0) is 22.1. The Morgan fingerprint density at radius 1 is 0.750 bits per heavy atom. The van der Waals surface area contributed by atoms with Crippen molar-refractivity contribution in [2.75, 3.05) is 5.32 Å². The molecule has 2 aromatic heterocycles. The minimum absolute atomic E-state index is 0.112. The zero-order valence-electron chi connectivity index (χ0n) is 18.6. The van der Waals surface area contributed by atoms with Crippen molar-refractivity contribution >= 4 is 22.4 Å². The van der Waals surface area contributed by atoms with E-state index >= 15 is 0 Å². The van der Waals surface area contributed by atoms with E-state index in [9.17, 15) is 0 Å². The molecule has 0 amide bonds. The number of nitrogens with one attached hydrogen (secondary N) is 2. The van der Waals surface area contributed by atoms with Gasteiger partial charge in [-0.05, 0) is 46.9 Å². The lowest BCUT2D eigenvalue weighted by Crippen LogP contribution is -2.10. The van der Waals surface area contributed by atoms with Gasteiger partial charge in [-0.2, -0.15) is 0 Å². The fraction of sp³-hybridized carbons (Fsp3) is 0.143. The van der Waals surface area contributed by atoms with Crippen molar-refractivity contribution in [3.8, 4) is 22.4 Å². The van der Waals surface area contributed by atoms with E-state index in [0.717, 1.165) is 44.8 Å². The second-order valence-electron chi connectivity index (χ2n) is 9.09. The molecule has 0 bridgehead atoms. The van der Waals surface area contributed by atoms with Crippen LogP contribution in [0.5, 0.6) is 0 Å². The lowest BCUT2D eigenvalue weighted by Gasteiger charge is -2.19. The Labute approximate surface area is 188 Å². The minimum Gasteiger partial charge on any atom is -0.361 e. The van der Waals surface area contributed by atoms with Gasteiger partial charge in [-0.3, -0.25) is 0 Å². The molecule has 0 saturated heterocycles. The third kappa shape index (κ3) is 4.00. The van der Waals surface area contributed by atoms with Crippen LogP contribution in [0.3, 0.4) is 0 Å². The van der Waals surface area contributed by atoms with Gasteiger partial charge in [0.25, 0.3) is 0 Å². The standard InChI is InChI=1S/C28H26N4/c1-28(2,3)22-11-9-19(10-12-22)24-18-26(31-32-27(24)20-7-5-4-6-8-20)30-23-13-14-25-21(17-23)15-16-29-25/h4-18,29H,1-3H3,(H,30,31). The Morgan fingerprint density at radius 2 is 1.53 bits per heavy atom. The van der Waals surface area contributed by atoms with Crippen LogP contribution >= 0.6 is 0 Å². The van der Waals surface area contributed by atoms with Gasteiger partial charge in [-0.25, -0.2) is 0 Å². The van der Waals surface area contributed by atoms with Crippen LogP contribution < -0.4 is 5.32 Å². The molecule has 32 heavy (non-hydrogen) atoms. The van der Waals surface area contributed by atoms with Gasteiger partial charge in [-0.15, -0.1) is 10.2 Å². The average molecular weight is 419 g/mol. The van der Waals surface area contributed by atoms with Gasteiger partial charge < -0.3 is 10.3 Å². The summed E-state index contributed by atoms with van der Waals surface area (Å²) < 4.78 is 0. The van der Waals surface area contributed by atoms with Crippen LogP contribution in [0.15, 0.2) is 91.1 Å². The van der Waals surface area contributed by atoms with Crippen molar-refractivity contribution in [1.82, 2.24) is 15.2 Å². The fourth-order valence-electron chi connectivity index (χ4n) is 3.91. The highest BCUT2D eigenvalue weighted by atomic mass is 15.2. The predicted octanol–water partition coefficient (Wildman–Crippen LogP) is 7.33. The predicted molar refractivity (Wildman–Crippen MR) is 133 cm³/mol. The van der Waals surface area contributed by atoms with Crippen molar-refractivity contribution in [3.63, 3.8) is 0 Å². The van der Waals surface area contributed by atoms with Gasteiger partial charge in [0.1, 0.15) is 5.69 Å². The van der Waals surface area contributed by atoms with Crippen molar-refractivity contribution in [3.05, 3.63) is 96.7 Å². The molecule has 2 heterocycles. The molecule has 0 aliphatic rings. The smallest absolute Gasteiger partial charge is 0.153 e. The van der Waals surface area contributed by atoms with Crippen molar-refractivity contribution in [2.24, 2.45) is 0 Å². The molecule has 3 aromatic carbocycles. The second kappa shape index (κ2) is 7.97. The molecule has 0 aliphatic heterocycles. The van der Waals surface area contributed by atoms with Crippen molar-refractivity contribution < 1.29 is 0 Å². The quantitative estimate of drug-likeness (QED) is 0.321. The molecule has 0 unspecified atom stereocenters. The number of anilines is 2. The van der Waals surface area contributed by atoms with E-state index < -0.39 is 0 Å². The number of hydrogen-bond acceptors (Lipinski definition) is 3. The highest BCUT2D eigenvalue weighted by Crippen LogP contribution is 2.34. The number of nitrogens with zero attached hydrogens (tertiary/aromatic N) is 2. The number of aromatic nitrogens is 3. The minimum atomic E-state index is 0.112. The molecule has 4 heteroatoms. The Balaban J connectivity index is 1.57. The van der Waals surface area contributed by atoms with Crippen LogP contribution in [0.2, 0.25) is 0 Å². The summed E-state index contributed by atoms with van der Waals surface area (Å²) in [5.41, 5.74) is 7.61. The summed E-state index contributed by atoms with van der Waals surface area (Å²) in [4.78, 5) is 3.23. The lowest BCUT2D eigenvalue weighted by atomic mass is 9.86. The van der Waals surface area contributed by atoms with Crippen molar-refractivity contribution in [2.45, 2.75) is 26.2 Å². The summed E-state index contributed by atoms with van der Waals surface area (Å²) in [6.07, 6.45) is 1.95. The zero-order valence-corrected chi connectivity index (χ0v) is 18.6. The van der Waals surface area contributed by atoms with E-state index in [-0.39, 0.29) is 5.41 Å². The second-order valence-corrected chi connectivity index (χ2v) is 9.09. The van der Waals surface area contributed by atoms with Gasteiger partial charge in [-0.1, -0.05) is 75.4 Å². The summed E-state index contributed by atoms with van der Waals surface area (Å²) >= 11 is 0. The normalized spacial score (nSPS) is 11.6. The monoisotopic (exact) mass is 418 g/mol. The average Bonchev–Trinajstić information content (AvgIpc) is 3.27. The molecule has 0 saturated carbocycles. The Hall–Kier alpha value is -3.92. The topological polar surface area (TPSA) is 53.6 Å². The third-order valence-electron chi connectivity index (χ3n) is 5.73. The summed E-state index contributed by atoms with van der Waals surface area (Å²) in [6.45, 7) is 6.69. The van der Waals surface area contributed by atoms with E-state index in [2.05, 4.69) is 102 Å². The molecule has 0 atom stereocenters. The SMILES string of the molecule is CC(C)(C)c1ccc(-c2cc(Nc3ccc4[nH]ccc4c3)nnc2-c2ccccc2)cc1. The fourth-order valence-corrected chi connectivity index (χ4v) is 3.91. The number of rotatable bonds is 4. The first-order valence-electron chi connectivity index (χ1n) is 10.9. The summed E-state index contributed by atoms with van der Waals surface area (Å²) in [5, 5.41) is 13.7. The van der Waals surface area contributed by atoms with Crippen LogP contribution in [0.1, 0.15) is 26.3 Å². The first kappa shape index (κ1) is 20.0. The molecule has 0 aliphatic carbocycles. The maximum absolute atomic E-state index is 4.63. The van der Waals surface area contributed by atoms with Gasteiger partial charge in [0.15, 0.2) is 5.82 Å². The summed E-state index contributed by atoms with van der Waals surface area (Å²) in [5.74, 6) is 0.717. The van der Waals surface area contributed by atoms with Crippen LogP contribution in [-0.2, 0) is 5.41 Å². The number of aromatic amines is 1. The van der Waals surface area contributed by atoms with Gasteiger partial charge in [0.05, 0.1) is 0 Å². The largest absolute Gasteiger partial charge is 0.361 e. The van der Waals surface area contributed by atoms with Crippen LogP contribution in [0, 0.1) is 0 Å².